The van der Waals surface area contributed by atoms with Crippen LogP contribution < -0.4 is 0 Å². The first-order valence-corrected chi connectivity index (χ1v) is 32.0. The van der Waals surface area contributed by atoms with Gasteiger partial charge in [-0.1, -0.05) is 308 Å². The molecule has 0 saturated heterocycles. The molecule has 0 fully saturated rings. The average Bonchev–Trinajstić information content (AvgIpc) is 3.38. The van der Waals surface area contributed by atoms with Gasteiger partial charge in [0.25, 0.3) is 0 Å². The number of hydrogen-bond donors (Lipinski definition) is 0. The summed E-state index contributed by atoms with van der Waals surface area (Å²) in [4.78, 5) is 38.3. The average molecular weight is 1010 g/mol. The van der Waals surface area contributed by atoms with Crippen LogP contribution in [0.15, 0.2) is 36.5 Å². The molecular weight excluding hydrogens is 889 g/mol. The van der Waals surface area contributed by atoms with E-state index in [1.165, 1.54) is 231 Å². The fourth-order valence-corrected chi connectivity index (χ4v) is 9.57. The van der Waals surface area contributed by atoms with E-state index >= 15 is 0 Å². The monoisotopic (exact) mass is 1010 g/mol. The number of allylic oxidation sites excluding steroid dienone is 6. The zero-order valence-corrected chi connectivity index (χ0v) is 48.5. The molecule has 0 aromatic carbocycles. The van der Waals surface area contributed by atoms with Crippen LogP contribution in [0.5, 0.6) is 0 Å². The van der Waals surface area contributed by atoms with Gasteiger partial charge in [0.1, 0.15) is 13.2 Å². The van der Waals surface area contributed by atoms with Crippen LogP contribution >= 0.6 is 0 Å². The Balaban J connectivity index is 4.35. The number of ether oxygens (including phenoxy) is 3. The number of carbonyl (C=O) groups excluding carboxylic acids is 3. The lowest BCUT2D eigenvalue weighted by Crippen LogP contribution is -2.30. The Bertz CT molecular complexity index is 1210. The van der Waals surface area contributed by atoms with Crippen LogP contribution in [-0.4, -0.2) is 37.2 Å². The molecule has 0 aliphatic heterocycles. The molecule has 6 nitrogen and oxygen atoms in total. The summed E-state index contributed by atoms with van der Waals surface area (Å²) in [5, 5.41) is 0. The van der Waals surface area contributed by atoms with E-state index in [0.717, 1.165) is 77.0 Å². The molecule has 0 aromatic heterocycles. The van der Waals surface area contributed by atoms with E-state index in [-0.39, 0.29) is 31.1 Å². The van der Waals surface area contributed by atoms with E-state index in [1.54, 1.807) is 0 Å². The van der Waals surface area contributed by atoms with Gasteiger partial charge in [0.2, 0.25) is 0 Å². The van der Waals surface area contributed by atoms with Crippen molar-refractivity contribution in [2.24, 2.45) is 0 Å². The van der Waals surface area contributed by atoms with Gasteiger partial charge in [-0.2, -0.15) is 0 Å². The van der Waals surface area contributed by atoms with Gasteiger partial charge in [0, 0.05) is 19.3 Å². The lowest BCUT2D eigenvalue weighted by Gasteiger charge is -2.18. The first-order chi connectivity index (χ1) is 35.5. The van der Waals surface area contributed by atoms with Crippen LogP contribution in [0.2, 0.25) is 0 Å². The molecule has 0 heterocycles. The highest BCUT2D eigenvalue weighted by Crippen LogP contribution is 2.18. The van der Waals surface area contributed by atoms with Crippen LogP contribution in [0, 0.1) is 0 Å². The molecule has 0 amide bonds. The standard InChI is InChI=1S/C66H122O6/c1-4-7-10-13-16-19-22-25-28-31-33-36-38-41-44-47-50-53-56-59-65(68)71-62-63(61-70-64(67)58-55-52-49-46-43-40-37-34-30-27-24-21-18-15-12-9-6-3)72-66(69)60-57-54-51-48-45-42-39-35-32-29-26-23-20-17-14-11-8-5-2/h16,19,25,28,33,36,63H,4-15,17-18,20-24,26-27,29-32,34-35,37-62H2,1-3H3/b19-16-,28-25-,36-33-/t63-/m1/s1. The zero-order chi connectivity index (χ0) is 52.2. The fraction of sp³-hybridized carbons (Fsp3) is 0.864. The number of esters is 3. The highest BCUT2D eigenvalue weighted by atomic mass is 16.6. The van der Waals surface area contributed by atoms with Gasteiger partial charge in [-0.15, -0.1) is 0 Å². The summed E-state index contributed by atoms with van der Waals surface area (Å²) < 4.78 is 16.9. The minimum atomic E-state index is -0.774. The van der Waals surface area contributed by atoms with Crippen LogP contribution in [-0.2, 0) is 28.6 Å². The maximum absolute atomic E-state index is 12.9. The minimum Gasteiger partial charge on any atom is -0.462 e. The van der Waals surface area contributed by atoms with Crippen LogP contribution in [0.3, 0.4) is 0 Å². The summed E-state index contributed by atoms with van der Waals surface area (Å²) in [6, 6.07) is 0. The van der Waals surface area contributed by atoms with Crippen molar-refractivity contribution in [2.75, 3.05) is 13.2 Å². The van der Waals surface area contributed by atoms with Gasteiger partial charge in [-0.05, 0) is 57.8 Å². The Morgan fingerprint density at radius 2 is 0.500 bits per heavy atom. The predicted octanol–water partition coefficient (Wildman–Crippen LogP) is 21.6. The normalized spacial score (nSPS) is 12.2. The topological polar surface area (TPSA) is 78.9 Å². The molecule has 0 saturated carbocycles. The SMILES string of the molecule is CCCCC/C=C\C/C=C\C/C=C\CCCCCCCCC(=O)OC[C@@H](COC(=O)CCCCCCCCCCCCCCCCCCC)OC(=O)CCCCCCCCCCCCCCCCCCCC. The summed E-state index contributed by atoms with van der Waals surface area (Å²) >= 11 is 0. The minimum absolute atomic E-state index is 0.0708. The quantitative estimate of drug-likeness (QED) is 0.0261. The number of carbonyl (C=O) groups is 3. The summed E-state index contributed by atoms with van der Waals surface area (Å²) in [5.74, 6) is -0.857. The van der Waals surface area contributed by atoms with Gasteiger partial charge in [-0.25, -0.2) is 0 Å². The Kier molecular flexibility index (Phi) is 59.2. The van der Waals surface area contributed by atoms with Crippen molar-refractivity contribution in [1.29, 1.82) is 0 Å². The second kappa shape index (κ2) is 61.2. The maximum atomic E-state index is 12.9. The van der Waals surface area contributed by atoms with E-state index in [1.807, 2.05) is 0 Å². The highest BCUT2D eigenvalue weighted by Gasteiger charge is 2.19. The van der Waals surface area contributed by atoms with Crippen molar-refractivity contribution in [3.63, 3.8) is 0 Å². The summed E-state index contributed by atoms with van der Waals surface area (Å²) in [6.45, 7) is 6.67. The second-order valence-electron chi connectivity index (χ2n) is 21.7. The predicted molar refractivity (Wildman–Crippen MR) is 312 cm³/mol. The largest absolute Gasteiger partial charge is 0.462 e. The van der Waals surface area contributed by atoms with E-state index in [9.17, 15) is 14.4 Å². The lowest BCUT2D eigenvalue weighted by molar-refractivity contribution is -0.167. The molecule has 0 spiro atoms. The molecule has 0 unspecified atom stereocenters. The Morgan fingerprint density at radius 1 is 0.278 bits per heavy atom. The molecule has 6 heteroatoms. The zero-order valence-electron chi connectivity index (χ0n) is 48.5. The second-order valence-corrected chi connectivity index (χ2v) is 21.7. The molecule has 422 valence electrons. The van der Waals surface area contributed by atoms with Gasteiger partial charge in [0.15, 0.2) is 6.10 Å². The van der Waals surface area contributed by atoms with Crippen LogP contribution in [0.4, 0.5) is 0 Å². The summed E-state index contributed by atoms with van der Waals surface area (Å²) in [6.07, 6.45) is 74.3. The Morgan fingerprint density at radius 3 is 0.806 bits per heavy atom. The fourth-order valence-electron chi connectivity index (χ4n) is 9.57. The molecule has 72 heavy (non-hydrogen) atoms. The third-order valence-electron chi connectivity index (χ3n) is 14.4. The molecule has 0 bridgehead atoms. The van der Waals surface area contributed by atoms with Gasteiger partial charge in [-0.3, -0.25) is 14.4 Å². The summed E-state index contributed by atoms with van der Waals surface area (Å²) in [7, 11) is 0. The molecular formula is C66H122O6. The van der Waals surface area contributed by atoms with E-state index < -0.39 is 6.10 Å². The van der Waals surface area contributed by atoms with Gasteiger partial charge >= 0.3 is 17.9 Å². The van der Waals surface area contributed by atoms with Crippen molar-refractivity contribution in [1.82, 2.24) is 0 Å². The molecule has 0 N–H and O–H groups in total. The Labute approximate surface area is 448 Å². The molecule has 0 radical (unpaired) electrons. The number of unbranched alkanes of at least 4 members (excludes halogenated alkanes) is 42. The first kappa shape index (κ1) is 69.6. The third-order valence-corrected chi connectivity index (χ3v) is 14.4. The summed E-state index contributed by atoms with van der Waals surface area (Å²) in [5.41, 5.74) is 0. The lowest BCUT2D eigenvalue weighted by atomic mass is 10.0. The Hall–Kier alpha value is -2.37. The molecule has 0 aliphatic carbocycles. The van der Waals surface area contributed by atoms with Gasteiger partial charge < -0.3 is 14.2 Å². The molecule has 0 aromatic rings. The smallest absolute Gasteiger partial charge is 0.306 e. The van der Waals surface area contributed by atoms with Crippen molar-refractivity contribution >= 4 is 17.9 Å². The first-order valence-electron chi connectivity index (χ1n) is 32.0. The third kappa shape index (κ3) is 58.5. The van der Waals surface area contributed by atoms with Crippen molar-refractivity contribution in [3.8, 4) is 0 Å². The maximum Gasteiger partial charge on any atom is 0.306 e. The molecule has 0 rings (SSSR count). The van der Waals surface area contributed by atoms with Crippen molar-refractivity contribution in [2.45, 2.75) is 354 Å². The van der Waals surface area contributed by atoms with Crippen molar-refractivity contribution < 1.29 is 28.6 Å². The van der Waals surface area contributed by atoms with Crippen LogP contribution in [0.1, 0.15) is 348 Å². The van der Waals surface area contributed by atoms with Gasteiger partial charge in [0.05, 0.1) is 0 Å². The van der Waals surface area contributed by atoms with E-state index in [4.69, 9.17) is 14.2 Å². The van der Waals surface area contributed by atoms with E-state index in [0.29, 0.717) is 19.3 Å². The van der Waals surface area contributed by atoms with Crippen LogP contribution in [0.25, 0.3) is 0 Å². The highest BCUT2D eigenvalue weighted by molar-refractivity contribution is 5.71. The molecule has 1 atom stereocenters. The number of hydrogen-bond acceptors (Lipinski definition) is 6. The van der Waals surface area contributed by atoms with Crippen molar-refractivity contribution in [3.05, 3.63) is 36.5 Å². The number of rotatable bonds is 59. The van der Waals surface area contributed by atoms with E-state index in [2.05, 4.69) is 57.2 Å². The molecule has 0 aliphatic rings.